The highest BCUT2D eigenvalue weighted by Crippen LogP contribution is 2.30. The predicted octanol–water partition coefficient (Wildman–Crippen LogP) is 5.52. The number of nitrogens with two attached hydrogens (primary N) is 1. The molecule has 0 spiro atoms. The Morgan fingerprint density at radius 2 is 1.48 bits per heavy atom. The van der Waals surface area contributed by atoms with Crippen LogP contribution in [0.25, 0.3) is 11.1 Å². The summed E-state index contributed by atoms with van der Waals surface area (Å²) in [7, 11) is 0. The van der Waals surface area contributed by atoms with Crippen LogP contribution in [0.15, 0.2) is 84.9 Å². The lowest BCUT2D eigenvalue weighted by Gasteiger charge is -2.29. The van der Waals surface area contributed by atoms with Gasteiger partial charge in [0.15, 0.2) is 0 Å². The van der Waals surface area contributed by atoms with Crippen LogP contribution in [0.2, 0.25) is 0 Å². The number of benzene rings is 3. The molecule has 0 bridgehead atoms. The van der Waals surface area contributed by atoms with Gasteiger partial charge in [-0.15, -0.1) is 0 Å². The van der Waals surface area contributed by atoms with Gasteiger partial charge < -0.3 is 11.1 Å². The van der Waals surface area contributed by atoms with Crippen LogP contribution < -0.4 is 11.1 Å². The number of hydrogen-bond acceptors (Lipinski definition) is 2. The van der Waals surface area contributed by atoms with Gasteiger partial charge in [-0.3, -0.25) is 4.79 Å². The van der Waals surface area contributed by atoms with Gasteiger partial charge in [-0.05, 0) is 72.9 Å². The van der Waals surface area contributed by atoms with Crippen molar-refractivity contribution < 1.29 is 4.79 Å². The molecule has 1 atom stereocenters. The summed E-state index contributed by atoms with van der Waals surface area (Å²) >= 11 is 0. The zero-order valence-electron chi connectivity index (χ0n) is 18.0. The molecule has 31 heavy (non-hydrogen) atoms. The SMILES string of the molecule is NCC1CCC(C(=O)NC(Cc2ccccc2)c2cccc(-c3ccccc3)c2)CC1. The molecule has 0 aliphatic heterocycles. The van der Waals surface area contributed by atoms with E-state index in [0.717, 1.165) is 44.2 Å². The Morgan fingerprint density at radius 3 is 2.16 bits per heavy atom. The Bertz CT molecular complexity index is 963. The van der Waals surface area contributed by atoms with Crippen molar-refractivity contribution in [1.29, 1.82) is 0 Å². The van der Waals surface area contributed by atoms with Gasteiger partial charge in [0.1, 0.15) is 0 Å². The van der Waals surface area contributed by atoms with E-state index < -0.39 is 0 Å². The molecule has 1 aliphatic carbocycles. The molecule has 1 aliphatic rings. The fourth-order valence-electron chi connectivity index (χ4n) is 4.62. The highest BCUT2D eigenvalue weighted by molar-refractivity contribution is 5.79. The molecule has 160 valence electrons. The number of carbonyl (C=O) groups excluding carboxylic acids is 1. The largest absolute Gasteiger partial charge is 0.349 e. The monoisotopic (exact) mass is 412 g/mol. The van der Waals surface area contributed by atoms with Crippen molar-refractivity contribution in [3.8, 4) is 11.1 Å². The molecule has 3 heteroatoms. The van der Waals surface area contributed by atoms with E-state index in [2.05, 4.69) is 78.1 Å². The minimum Gasteiger partial charge on any atom is -0.349 e. The van der Waals surface area contributed by atoms with Gasteiger partial charge in [0.2, 0.25) is 5.91 Å². The minimum absolute atomic E-state index is 0.0502. The van der Waals surface area contributed by atoms with Crippen molar-refractivity contribution in [2.75, 3.05) is 6.54 Å². The molecular formula is C28H32N2O. The van der Waals surface area contributed by atoms with E-state index in [4.69, 9.17) is 5.73 Å². The topological polar surface area (TPSA) is 55.1 Å². The van der Waals surface area contributed by atoms with Crippen LogP contribution >= 0.6 is 0 Å². The maximum Gasteiger partial charge on any atom is 0.223 e. The van der Waals surface area contributed by atoms with Gasteiger partial charge in [-0.2, -0.15) is 0 Å². The van der Waals surface area contributed by atoms with Gasteiger partial charge in [0.05, 0.1) is 6.04 Å². The lowest BCUT2D eigenvalue weighted by molar-refractivity contribution is -0.127. The lowest BCUT2D eigenvalue weighted by atomic mass is 9.81. The van der Waals surface area contributed by atoms with Gasteiger partial charge in [0.25, 0.3) is 0 Å². The molecule has 1 amide bonds. The molecule has 4 rings (SSSR count). The molecule has 3 aromatic carbocycles. The molecule has 1 unspecified atom stereocenters. The van der Waals surface area contributed by atoms with E-state index in [9.17, 15) is 4.79 Å². The van der Waals surface area contributed by atoms with Gasteiger partial charge in [-0.1, -0.05) is 78.9 Å². The molecule has 0 radical (unpaired) electrons. The summed E-state index contributed by atoms with van der Waals surface area (Å²) < 4.78 is 0. The standard InChI is InChI=1S/C28H32N2O/c29-20-22-14-16-24(17-15-22)28(31)30-27(18-21-8-3-1-4-9-21)26-13-7-12-25(19-26)23-10-5-2-6-11-23/h1-13,19,22,24,27H,14-18,20,29H2,(H,30,31). The second-order valence-corrected chi connectivity index (χ2v) is 8.70. The highest BCUT2D eigenvalue weighted by Gasteiger charge is 2.27. The molecule has 1 fully saturated rings. The van der Waals surface area contributed by atoms with Gasteiger partial charge in [-0.25, -0.2) is 0 Å². The van der Waals surface area contributed by atoms with Crippen molar-refractivity contribution in [2.24, 2.45) is 17.6 Å². The molecule has 0 heterocycles. The van der Waals surface area contributed by atoms with Crippen LogP contribution in [-0.4, -0.2) is 12.5 Å². The van der Waals surface area contributed by atoms with Crippen molar-refractivity contribution in [3.05, 3.63) is 96.1 Å². The summed E-state index contributed by atoms with van der Waals surface area (Å²) in [5.74, 6) is 0.853. The number of amides is 1. The van der Waals surface area contributed by atoms with Gasteiger partial charge in [0, 0.05) is 5.92 Å². The second kappa shape index (κ2) is 10.4. The summed E-state index contributed by atoms with van der Waals surface area (Å²) in [6.07, 6.45) is 4.78. The average molecular weight is 413 g/mol. The van der Waals surface area contributed by atoms with Crippen LogP contribution in [0.3, 0.4) is 0 Å². The summed E-state index contributed by atoms with van der Waals surface area (Å²) in [5, 5.41) is 3.39. The third kappa shape index (κ3) is 5.62. The maximum absolute atomic E-state index is 13.2. The Morgan fingerprint density at radius 1 is 0.839 bits per heavy atom. The van der Waals surface area contributed by atoms with Crippen LogP contribution in [-0.2, 0) is 11.2 Å². The number of hydrogen-bond donors (Lipinski definition) is 2. The summed E-state index contributed by atoms with van der Waals surface area (Å²) in [6, 6.07) is 29.3. The molecule has 3 N–H and O–H groups in total. The Balaban J connectivity index is 1.55. The van der Waals surface area contributed by atoms with Crippen LogP contribution in [0.4, 0.5) is 0 Å². The molecule has 1 saturated carbocycles. The maximum atomic E-state index is 13.2. The zero-order chi connectivity index (χ0) is 21.5. The van der Waals surface area contributed by atoms with Crippen molar-refractivity contribution in [1.82, 2.24) is 5.32 Å². The zero-order valence-corrected chi connectivity index (χ0v) is 18.0. The quantitative estimate of drug-likeness (QED) is 0.537. The first kappa shape index (κ1) is 21.3. The first-order valence-corrected chi connectivity index (χ1v) is 11.4. The highest BCUT2D eigenvalue weighted by atomic mass is 16.1. The molecular weight excluding hydrogens is 380 g/mol. The van der Waals surface area contributed by atoms with Crippen molar-refractivity contribution in [3.63, 3.8) is 0 Å². The predicted molar refractivity (Wildman–Crippen MR) is 127 cm³/mol. The van der Waals surface area contributed by atoms with Crippen LogP contribution in [0.5, 0.6) is 0 Å². The number of carbonyl (C=O) groups is 1. The molecule has 0 saturated heterocycles. The number of rotatable bonds is 7. The lowest BCUT2D eigenvalue weighted by Crippen LogP contribution is -2.37. The molecule has 0 aromatic heterocycles. The fraction of sp³-hybridized carbons (Fsp3) is 0.321. The molecule has 3 aromatic rings. The van der Waals surface area contributed by atoms with Crippen molar-refractivity contribution >= 4 is 5.91 Å². The van der Waals surface area contributed by atoms with Crippen LogP contribution in [0, 0.1) is 11.8 Å². The van der Waals surface area contributed by atoms with E-state index >= 15 is 0 Å². The minimum atomic E-state index is -0.0502. The van der Waals surface area contributed by atoms with Crippen LogP contribution in [0.1, 0.15) is 42.9 Å². The first-order chi connectivity index (χ1) is 15.2. The van der Waals surface area contributed by atoms with Gasteiger partial charge >= 0.3 is 0 Å². The van der Waals surface area contributed by atoms with E-state index in [1.165, 1.54) is 16.7 Å². The second-order valence-electron chi connectivity index (χ2n) is 8.70. The molecule has 3 nitrogen and oxygen atoms in total. The Kier molecular flexibility index (Phi) is 7.16. The summed E-state index contributed by atoms with van der Waals surface area (Å²) in [6.45, 7) is 0.733. The van der Waals surface area contributed by atoms with E-state index in [-0.39, 0.29) is 17.9 Å². The third-order valence-corrected chi connectivity index (χ3v) is 6.55. The van der Waals surface area contributed by atoms with Crippen molar-refractivity contribution in [2.45, 2.75) is 38.1 Å². The smallest absolute Gasteiger partial charge is 0.223 e. The first-order valence-electron chi connectivity index (χ1n) is 11.4. The van der Waals surface area contributed by atoms with E-state index in [1.54, 1.807) is 0 Å². The summed E-state index contributed by atoms with van der Waals surface area (Å²) in [4.78, 5) is 13.2. The third-order valence-electron chi connectivity index (χ3n) is 6.55. The normalized spacial score (nSPS) is 19.5. The fourth-order valence-corrected chi connectivity index (χ4v) is 4.62. The number of nitrogens with one attached hydrogen (secondary N) is 1. The summed E-state index contributed by atoms with van der Waals surface area (Å²) in [5.41, 5.74) is 10.6. The Hall–Kier alpha value is -2.91. The van der Waals surface area contributed by atoms with E-state index in [0.29, 0.717) is 5.92 Å². The Labute approximate surface area is 185 Å². The average Bonchev–Trinajstić information content (AvgIpc) is 2.85. The van der Waals surface area contributed by atoms with E-state index in [1.807, 2.05) is 12.1 Å².